The van der Waals surface area contributed by atoms with Crippen molar-refractivity contribution in [1.29, 1.82) is 0 Å². The summed E-state index contributed by atoms with van der Waals surface area (Å²) in [6.07, 6.45) is 29.0. The molecule has 26 heteroatoms. The van der Waals surface area contributed by atoms with Crippen molar-refractivity contribution in [2.45, 2.75) is 498 Å². The molecule has 0 radical (unpaired) electrons. The molecule has 18 atom stereocenters. The minimum atomic E-state index is -5.81. The first-order chi connectivity index (χ1) is 56.2. The number of ether oxygens (including phenoxy) is 8. The summed E-state index contributed by atoms with van der Waals surface area (Å²) in [5, 5.41) is 102. The van der Waals surface area contributed by atoms with E-state index < -0.39 is 162 Å². The first kappa shape index (κ1) is 107. The second-order valence-corrected chi connectivity index (χ2v) is 34.6. The number of unbranched alkanes of at least 4 members (excludes halogenated alkanes) is 47. The lowest BCUT2D eigenvalue weighted by atomic mass is 9.84. The van der Waals surface area contributed by atoms with E-state index >= 15 is 0 Å². The van der Waals surface area contributed by atoms with Crippen LogP contribution in [0.1, 0.15) is 394 Å². The van der Waals surface area contributed by atoms with Crippen molar-refractivity contribution in [1.82, 2.24) is 0 Å². The third-order valence-corrected chi connectivity index (χ3v) is 23.7. The third kappa shape index (κ3) is 49.3. The second-order valence-electron chi connectivity index (χ2n) is 33.2. The van der Waals surface area contributed by atoms with Gasteiger partial charge in [0.05, 0.1) is 13.2 Å². The van der Waals surface area contributed by atoms with Gasteiger partial charge in [-0.2, -0.15) is 0 Å². The number of phosphoric acid groups is 1. The Balaban J connectivity index is 1.92. The molecule has 2 aliphatic heterocycles. The number of hydrogen-bond donors (Lipinski definition) is 10. The quantitative estimate of drug-likeness (QED) is 0.00889. The van der Waals surface area contributed by atoms with Gasteiger partial charge in [0.15, 0.2) is 24.8 Å². The van der Waals surface area contributed by atoms with Gasteiger partial charge in [0.1, 0.15) is 92.6 Å². The van der Waals surface area contributed by atoms with Crippen molar-refractivity contribution in [2.75, 3.05) is 26.4 Å². The van der Waals surface area contributed by atoms with E-state index in [0.29, 0.717) is 38.5 Å². The molecule has 0 spiro atoms. The van der Waals surface area contributed by atoms with Crippen LogP contribution in [-0.2, 0) is 70.7 Å². The molecule has 25 nitrogen and oxygen atoms in total. The summed E-state index contributed by atoms with van der Waals surface area (Å²) in [4.78, 5) is 66.4. The van der Waals surface area contributed by atoms with Crippen LogP contribution >= 0.6 is 7.82 Å². The average molecular weight is 1680 g/mol. The van der Waals surface area contributed by atoms with E-state index in [1.807, 2.05) is 0 Å². The zero-order chi connectivity index (χ0) is 84.7. The molecule has 10 N–H and O–H groups in total. The number of carbonyl (C=O) groups is 4. The number of rotatable bonds is 75. The standard InChI is InChI=1S/C90H165O25P/c1-5-9-13-17-21-25-29-33-35-37-40-43-47-51-55-59-63-74(93)107-69-72-78(97)80(99)84(103)90(111-72)114-87-85(112-76(95)65-61-57-53-49-45-41-36-34-30-26-22-18-14-10-6-2)81(100)82(101)86(113-89-83(102)79(98)77(96)71(66-91)110-89)88(87)115-116(104,105)108-68-70(109-75(94)64-60-56-52-48-44-39-32-28-24-20-16-12-8-4)67-106-73(92)62-58-54-50-46-42-38-31-27-23-19-15-11-7-3/h38-39,42,44,70-72,77-91,96-103H,5-37,40-41,43,45-69H2,1-4H3,(H,104,105)/b42-38-,44-39-. The van der Waals surface area contributed by atoms with Crippen molar-refractivity contribution >= 4 is 31.7 Å². The van der Waals surface area contributed by atoms with Crippen LogP contribution in [0.25, 0.3) is 0 Å². The van der Waals surface area contributed by atoms with Crippen LogP contribution in [0.4, 0.5) is 0 Å². The van der Waals surface area contributed by atoms with Gasteiger partial charge in [0.2, 0.25) is 0 Å². The first-order valence-corrected chi connectivity index (χ1v) is 48.1. The Bertz CT molecular complexity index is 2510. The molecule has 1 saturated carbocycles. The summed E-state index contributed by atoms with van der Waals surface area (Å²) in [5.41, 5.74) is 0. The van der Waals surface area contributed by atoms with Crippen molar-refractivity contribution in [3.8, 4) is 0 Å². The summed E-state index contributed by atoms with van der Waals surface area (Å²) >= 11 is 0. The average Bonchev–Trinajstić information content (AvgIpc) is 0.754. The van der Waals surface area contributed by atoms with Gasteiger partial charge in [-0.1, -0.05) is 315 Å². The Hall–Kier alpha value is -3.05. The molecule has 2 heterocycles. The molecular weight excluding hydrogens is 1510 g/mol. The summed E-state index contributed by atoms with van der Waals surface area (Å²) in [5.74, 6) is -3.00. The summed E-state index contributed by atoms with van der Waals surface area (Å²) in [6.45, 7) is 5.56. The molecule has 3 rings (SSSR count). The third-order valence-electron chi connectivity index (χ3n) is 22.7. The van der Waals surface area contributed by atoms with E-state index in [4.69, 9.17) is 46.9 Å². The van der Waals surface area contributed by atoms with Crippen LogP contribution in [0.3, 0.4) is 0 Å². The molecule has 116 heavy (non-hydrogen) atoms. The van der Waals surface area contributed by atoms with Crippen molar-refractivity contribution in [2.24, 2.45) is 0 Å². The minimum absolute atomic E-state index is 0.0111. The first-order valence-electron chi connectivity index (χ1n) is 46.6. The van der Waals surface area contributed by atoms with Gasteiger partial charge in [0, 0.05) is 25.7 Å². The number of esters is 4. The Morgan fingerprint density at radius 2 is 0.647 bits per heavy atom. The fourth-order valence-electron chi connectivity index (χ4n) is 15.2. The van der Waals surface area contributed by atoms with Crippen LogP contribution < -0.4 is 0 Å². The smallest absolute Gasteiger partial charge is 0.463 e. The van der Waals surface area contributed by atoms with Crippen molar-refractivity contribution in [3.63, 3.8) is 0 Å². The number of aliphatic hydroxyl groups excluding tert-OH is 9. The highest BCUT2D eigenvalue weighted by molar-refractivity contribution is 7.47. The van der Waals surface area contributed by atoms with Gasteiger partial charge >= 0.3 is 31.7 Å². The largest absolute Gasteiger partial charge is 0.472 e. The molecule has 3 fully saturated rings. The predicted octanol–water partition coefficient (Wildman–Crippen LogP) is 16.9. The maximum absolute atomic E-state index is 14.9. The molecular formula is C90H165O25P. The molecule has 2 saturated heterocycles. The Morgan fingerprint density at radius 3 is 1.03 bits per heavy atom. The van der Waals surface area contributed by atoms with Gasteiger partial charge < -0.3 is 88.7 Å². The number of aliphatic hydroxyl groups is 9. The number of hydrogen-bond acceptors (Lipinski definition) is 24. The summed E-state index contributed by atoms with van der Waals surface area (Å²) < 4.78 is 73.3. The van der Waals surface area contributed by atoms with E-state index in [9.17, 15) is 74.6 Å². The SMILES string of the molecule is CCCCCCCC/C=C\CCCCCC(=O)OCC(COP(=O)(O)OC1C(OC2OC(CO)C(O)C(O)C2O)C(O)C(O)C(OC(=O)CCCCCCCCCCCCCCCCC)C1OC1OC(COC(=O)CCCCCCCCCCCCCCCCCC)C(O)C(O)C1O)OC(=O)CCCCC/C=C\CCCCCCCC. The van der Waals surface area contributed by atoms with Gasteiger partial charge in [-0.15, -0.1) is 0 Å². The highest BCUT2D eigenvalue weighted by Gasteiger charge is 2.60. The lowest BCUT2D eigenvalue weighted by Crippen LogP contribution is -2.70. The fourth-order valence-corrected chi connectivity index (χ4v) is 16.2. The highest BCUT2D eigenvalue weighted by atomic mass is 31.2. The van der Waals surface area contributed by atoms with Crippen LogP contribution in [0.5, 0.6) is 0 Å². The lowest BCUT2D eigenvalue weighted by Gasteiger charge is -2.50. The van der Waals surface area contributed by atoms with Crippen LogP contribution in [0, 0.1) is 0 Å². The normalized spacial score (nSPS) is 25.2. The topological polar surface area (TPSA) is 380 Å². The van der Waals surface area contributed by atoms with Gasteiger partial charge in [0.25, 0.3) is 0 Å². The molecule has 3 aliphatic rings. The van der Waals surface area contributed by atoms with Crippen LogP contribution in [0.15, 0.2) is 24.3 Å². The molecule has 680 valence electrons. The maximum atomic E-state index is 14.9. The highest BCUT2D eigenvalue weighted by Crippen LogP contribution is 2.49. The Labute approximate surface area is 698 Å². The summed E-state index contributed by atoms with van der Waals surface area (Å²) in [7, 11) is -5.81. The number of carbonyl (C=O) groups excluding carboxylic acids is 4. The van der Waals surface area contributed by atoms with E-state index in [2.05, 4.69) is 52.0 Å². The van der Waals surface area contributed by atoms with E-state index in [1.54, 1.807) is 0 Å². The van der Waals surface area contributed by atoms with E-state index in [-0.39, 0.29) is 25.7 Å². The van der Waals surface area contributed by atoms with E-state index in [1.165, 1.54) is 180 Å². The monoisotopic (exact) mass is 1680 g/mol. The maximum Gasteiger partial charge on any atom is 0.472 e. The minimum Gasteiger partial charge on any atom is -0.463 e. The van der Waals surface area contributed by atoms with Gasteiger partial charge in [-0.25, -0.2) is 4.57 Å². The van der Waals surface area contributed by atoms with E-state index in [0.717, 1.165) is 122 Å². The predicted molar refractivity (Wildman–Crippen MR) is 449 cm³/mol. The Kier molecular flexibility index (Phi) is 64.1. The lowest BCUT2D eigenvalue weighted by molar-refractivity contribution is -0.360. The van der Waals surface area contributed by atoms with Crippen molar-refractivity contribution in [3.05, 3.63) is 24.3 Å². The number of allylic oxidation sites excluding steroid dienone is 4. The van der Waals surface area contributed by atoms with Crippen LogP contribution in [0.2, 0.25) is 0 Å². The van der Waals surface area contributed by atoms with Crippen LogP contribution in [-0.4, -0.2) is 205 Å². The zero-order valence-corrected chi connectivity index (χ0v) is 73.2. The molecule has 1 aliphatic carbocycles. The Morgan fingerprint density at radius 1 is 0.336 bits per heavy atom. The molecule has 0 aromatic heterocycles. The fraction of sp³-hybridized carbons (Fsp3) is 0.911. The summed E-state index contributed by atoms with van der Waals surface area (Å²) in [6, 6.07) is 0. The molecule has 18 unspecified atom stereocenters. The van der Waals surface area contributed by atoms with Crippen molar-refractivity contribution < 1.29 is 122 Å². The zero-order valence-electron chi connectivity index (χ0n) is 72.3. The molecule has 0 bridgehead atoms. The molecule has 0 aromatic rings. The van der Waals surface area contributed by atoms with Gasteiger partial charge in [-0.05, 0) is 77.0 Å². The molecule has 0 aromatic carbocycles. The second kappa shape index (κ2) is 69.4. The molecule has 0 amide bonds. The van der Waals surface area contributed by atoms with Gasteiger partial charge in [-0.3, -0.25) is 28.2 Å². The number of phosphoric ester groups is 1.